The highest BCUT2D eigenvalue weighted by atomic mass is 16.5. The molecule has 0 saturated carbocycles. The lowest BCUT2D eigenvalue weighted by molar-refractivity contribution is 0.249. The number of ether oxygens (including phenoxy) is 1. The largest absolute Gasteiger partial charge is 0.479 e. The molecule has 0 aliphatic rings. The number of fused-ring (bicyclic) bond motifs is 1. The van der Waals surface area contributed by atoms with Crippen LogP contribution in [-0.4, -0.2) is 27.9 Å². The lowest BCUT2D eigenvalue weighted by atomic mass is 9.77. The van der Waals surface area contributed by atoms with Crippen LogP contribution in [0.1, 0.15) is 40.9 Å². The number of amides is 2. The fourth-order valence-corrected chi connectivity index (χ4v) is 5.73. The number of carbonyl (C=O) groups is 1. The van der Waals surface area contributed by atoms with Crippen molar-refractivity contribution in [2.45, 2.75) is 18.5 Å². The third-order valence-corrected chi connectivity index (χ3v) is 7.71. The van der Waals surface area contributed by atoms with E-state index in [0.717, 1.165) is 22.3 Å². The van der Waals surface area contributed by atoms with Crippen LogP contribution in [0.5, 0.6) is 5.88 Å². The number of hydrogen-bond donors (Lipinski definition) is 2. The summed E-state index contributed by atoms with van der Waals surface area (Å²) in [7, 11) is 1.52. The first-order valence-electron chi connectivity index (χ1n) is 14.2. The summed E-state index contributed by atoms with van der Waals surface area (Å²) in [5.41, 5.74) is 3.48. The van der Waals surface area contributed by atoms with Gasteiger partial charge in [-0.3, -0.25) is 5.32 Å². The monoisotopic (exact) mass is 578 g/mol. The number of benzene rings is 4. The Morgan fingerprint density at radius 2 is 1.34 bits per heavy atom. The van der Waals surface area contributed by atoms with Crippen molar-refractivity contribution >= 4 is 22.8 Å². The predicted molar refractivity (Wildman–Crippen MR) is 170 cm³/mol. The van der Waals surface area contributed by atoms with Crippen molar-refractivity contribution in [2.24, 2.45) is 0 Å². The quantitative estimate of drug-likeness (QED) is 0.189. The molecule has 6 rings (SSSR count). The Kier molecular flexibility index (Phi) is 7.76. The van der Waals surface area contributed by atoms with Crippen molar-refractivity contribution in [3.8, 4) is 11.9 Å². The summed E-state index contributed by atoms with van der Waals surface area (Å²) in [5, 5.41) is 21.5. The summed E-state index contributed by atoms with van der Waals surface area (Å²) < 4.78 is 7.63. The number of pyridine rings is 1. The number of nitriles is 1. The Hall–Kier alpha value is -5.94. The van der Waals surface area contributed by atoms with E-state index in [1.807, 2.05) is 96.5 Å². The Morgan fingerprint density at radius 3 is 1.82 bits per heavy atom. The number of carbonyl (C=O) groups excluding carboxylic acids is 1. The number of methoxy groups -OCH3 is 1. The lowest BCUT2D eigenvalue weighted by Crippen LogP contribution is -2.38. The second-order valence-electron chi connectivity index (χ2n) is 10.3. The number of nitrogens with one attached hydrogen (secondary N) is 2. The summed E-state index contributed by atoms with van der Waals surface area (Å²) in [6.07, 6.45) is 0. The van der Waals surface area contributed by atoms with Crippen LogP contribution in [0.4, 0.5) is 10.6 Å². The number of aromatic nitrogens is 3. The summed E-state index contributed by atoms with van der Waals surface area (Å²) in [6, 6.07) is 43.1. The van der Waals surface area contributed by atoms with Gasteiger partial charge < -0.3 is 10.1 Å². The molecule has 0 radical (unpaired) electrons. The average Bonchev–Trinajstić information content (AvgIpc) is 3.45. The molecule has 0 aliphatic carbocycles. The summed E-state index contributed by atoms with van der Waals surface area (Å²) in [6.45, 7) is 1.90. The van der Waals surface area contributed by atoms with E-state index < -0.39 is 11.6 Å². The Balaban J connectivity index is 1.58. The number of hydrogen-bond acceptors (Lipinski definition) is 5. The molecule has 2 aromatic heterocycles. The zero-order chi connectivity index (χ0) is 30.5. The highest BCUT2D eigenvalue weighted by Gasteiger charge is 2.41. The van der Waals surface area contributed by atoms with Crippen LogP contribution in [-0.2, 0) is 5.54 Å². The maximum atomic E-state index is 13.1. The summed E-state index contributed by atoms with van der Waals surface area (Å²) in [4.78, 5) is 17.6. The van der Waals surface area contributed by atoms with Crippen LogP contribution in [0.25, 0.3) is 10.9 Å². The highest BCUT2D eigenvalue weighted by Crippen LogP contribution is 2.44. The number of nitrogens with zero attached hydrogens (tertiary/aromatic N) is 4. The zero-order valence-electron chi connectivity index (χ0n) is 24.3. The smallest absolute Gasteiger partial charge is 0.320 e. The molecule has 0 saturated heterocycles. The molecule has 1 atom stereocenters. The first-order chi connectivity index (χ1) is 21.6. The third-order valence-electron chi connectivity index (χ3n) is 7.71. The van der Waals surface area contributed by atoms with E-state index in [2.05, 4.69) is 58.1 Å². The first-order valence-corrected chi connectivity index (χ1v) is 14.2. The minimum Gasteiger partial charge on any atom is -0.479 e. The van der Waals surface area contributed by atoms with Crippen LogP contribution in [0.2, 0.25) is 0 Å². The number of rotatable bonds is 8. The molecule has 4 aromatic carbocycles. The van der Waals surface area contributed by atoms with Crippen molar-refractivity contribution in [2.75, 3.05) is 12.4 Å². The van der Waals surface area contributed by atoms with E-state index in [0.29, 0.717) is 10.9 Å². The van der Waals surface area contributed by atoms with Crippen LogP contribution in [0, 0.1) is 11.3 Å². The maximum absolute atomic E-state index is 13.1. The fourth-order valence-electron chi connectivity index (χ4n) is 5.73. The molecule has 216 valence electrons. The molecule has 8 nitrogen and oxygen atoms in total. The molecular weight excluding hydrogens is 548 g/mol. The van der Waals surface area contributed by atoms with Gasteiger partial charge in [0.25, 0.3) is 0 Å². The lowest BCUT2D eigenvalue weighted by Gasteiger charge is -2.36. The molecule has 2 N–H and O–H groups in total. The minimum absolute atomic E-state index is 0.0834. The van der Waals surface area contributed by atoms with Crippen LogP contribution >= 0.6 is 0 Å². The molecule has 0 fully saturated rings. The first kappa shape index (κ1) is 28.2. The van der Waals surface area contributed by atoms with Gasteiger partial charge in [-0.25, -0.2) is 14.5 Å². The highest BCUT2D eigenvalue weighted by molar-refractivity contribution is 5.95. The van der Waals surface area contributed by atoms with Crippen LogP contribution in [0.15, 0.2) is 127 Å². The van der Waals surface area contributed by atoms with Gasteiger partial charge in [-0.1, -0.05) is 121 Å². The zero-order valence-corrected chi connectivity index (χ0v) is 24.3. The third kappa shape index (κ3) is 5.01. The Morgan fingerprint density at radius 1 is 0.841 bits per heavy atom. The van der Waals surface area contributed by atoms with Gasteiger partial charge >= 0.3 is 6.03 Å². The number of urea groups is 1. The van der Waals surface area contributed by atoms with Gasteiger partial charge in [-0.2, -0.15) is 5.26 Å². The van der Waals surface area contributed by atoms with E-state index in [9.17, 15) is 10.1 Å². The molecule has 0 aliphatic heterocycles. The summed E-state index contributed by atoms with van der Waals surface area (Å²) in [5.74, 6) is 0.462. The Bertz CT molecular complexity index is 1840. The standard InChI is InChI=1S/C36H30N6O2/c1-25(26-15-7-3-8-16-26)38-35(43)40-32-23-31-33(30(24-37)39-32)34(44-2)41-42(31)36(27-17-9-4-10-18-27,28-19-11-5-12-20-28)29-21-13-6-14-22-29/h3-23,25H,1-2H3,(H2,38,39,40,43). The molecule has 2 amide bonds. The van der Waals surface area contributed by atoms with Crippen molar-refractivity contribution in [1.29, 1.82) is 5.26 Å². The van der Waals surface area contributed by atoms with Gasteiger partial charge in [0.2, 0.25) is 5.88 Å². The van der Waals surface area contributed by atoms with Gasteiger partial charge in [0.15, 0.2) is 5.69 Å². The van der Waals surface area contributed by atoms with Gasteiger partial charge in [-0.05, 0) is 29.2 Å². The van der Waals surface area contributed by atoms with E-state index in [1.165, 1.54) is 7.11 Å². The molecule has 8 heteroatoms. The van der Waals surface area contributed by atoms with Crippen molar-refractivity contribution in [3.63, 3.8) is 0 Å². The van der Waals surface area contributed by atoms with Gasteiger partial charge in [-0.15, -0.1) is 5.10 Å². The van der Waals surface area contributed by atoms with Gasteiger partial charge in [0, 0.05) is 6.07 Å². The second-order valence-corrected chi connectivity index (χ2v) is 10.3. The minimum atomic E-state index is -0.978. The van der Waals surface area contributed by atoms with Crippen LogP contribution in [0.3, 0.4) is 0 Å². The van der Waals surface area contributed by atoms with E-state index in [-0.39, 0.29) is 23.4 Å². The maximum Gasteiger partial charge on any atom is 0.320 e. The fraction of sp³-hybridized carbons (Fsp3) is 0.111. The van der Waals surface area contributed by atoms with Crippen molar-refractivity contribution in [1.82, 2.24) is 20.1 Å². The van der Waals surface area contributed by atoms with E-state index >= 15 is 0 Å². The van der Waals surface area contributed by atoms with E-state index in [1.54, 1.807) is 6.07 Å². The van der Waals surface area contributed by atoms with Gasteiger partial charge in [0.1, 0.15) is 22.8 Å². The van der Waals surface area contributed by atoms with Crippen molar-refractivity contribution in [3.05, 3.63) is 155 Å². The molecule has 44 heavy (non-hydrogen) atoms. The van der Waals surface area contributed by atoms with E-state index in [4.69, 9.17) is 9.84 Å². The molecule has 0 bridgehead atoms. The van der Waals surface area contributed by atoms with Crippen LogP contribution < -0.4 is 15.4 Å². The normalized spacial score (nSPS) is 11.8. The van der Waals surface area contributed by atoms with Gasteiger partial charge in [0.05, 0.1) is 18.7 Å². The van der Waals surface area contributed by atoms with Crippen molar-refractivity contribution < 1.29 is 9.53 Å². The SMILES string of the molecule is COc1nn(C(c2ccccc2)(c2ccccc2)c2ccccc2)c2cc(NC(=O)NC(C)c3ccccc3)nc(C#N)c12. The molecule has 0 spiro atoms. The molecule has 2 heterocycles. The molecular formula is C36H30N6O2. The predicted octanol–water partition coefficient (Wildman–Crippen LogP) is 7.03. The second kappa shape index (κ2) is 12.1. The Labute approximate surface area is 255 Å². The summed E-state index contributed by atoms with van der Waals surface area (Å²) >= 11 is 0. The molecule has 1 unspecified atom stereocenters. The topological polar surface area (TPSA) is 105 Å². The average molecular weight is 579 g/mol. The molecule has 6 aromatic rings. The number of anilines is 1.